The molecule has 0 saturated heterocycles. The van der Waals surface area contributed by atoms with Crippen LogP contribution in [-0.2, 0) is 5.41 Å². The Bertz CT molecular complexity index is 4200. The van der Waals surface area contributed by atoms with Crippen LogP contribution in [0.3, 0.4) is 0 Å². The number of thiophene rings is 1. The number of fused-ring (bicyclic) bond motifs is 16. The number of hydrogen-bond donors (Lipinski definition) is 0. The third-order valence-corrected chi connectivity index (χ3v) is 15.9. The number of benzene rings is 11. The molecule has 1 spiro atoms. The van der Waals surface area contributed by atoms with Gasteiger partial charge in [-0.15, -0.1) is 11.3 Å². The molecular weight excluding hydrogens is 817 g/mol. The topological polar surface area (TPSA) is 8.17 Å². The van der Waals surface area contributed by atoms with Gasteiger partial charge in [0.1, 0.15) is 0 Å². The third-order valence-electron chi connectivity index (χ3n) is 14.8. The molecule has 2 aliphatic carbocycles. The number of aromatic nitrogens is 1. The van der Waals surface area contributed by atoms with E-state index < -0.39 is 5.41 Å². The quantitative estimate of drug-likeness (QED) is 0.171. The van der Waals surface area contributed by atoms with Gasteiger partial charge in [0.05, 0.1) is 22.1 Å². The van der Waals surface area contributed by atoms with Crippen molar-refractivity contribution in [3.05, 3.63) is 253 Å². The maximum absolute atomic E-state index is 2.52. The number of nitrogens with zero attached hydrogens (tertiary/aromatic N) is 2. The summed E-state index contributed by atoms with van der Waals surface area (Å²) in [7, 11) is 0. The number of para-hydroxylation sites is 1. The maximum atomic E-state index is 2.52. The molecule has 0 radical (unpaired) electrons. The van der Waals surface area contributed by atoms with Crippen LogP contribution in [0.2, 0.25) is 0 Å². The van der Waals surface area contributed by atoms with Crippen molar-refractivity contribution in [2.75, 3.05) is 4.90 Å². The molecule has 13 aromatic rings. The summed E-state index contributed by atoms with van der Waals surface area (Å²) in [5, 5.41) is 10.1. The average Bonchev–Trinajstić information content (AvgIpc) is 4.01. The van der Waals surface area contributed by atoms with Crippen LogP contribution in [-0.4, -0.2) is 4.57 Å². The summed E-state index contributed by atoms with van der Waals surface area (Å²) < 4.78 is 5.09. The van der Waals surface area contributed by atoms with E-state index in [1.807, 2.05) is 11.3 Å². The first-order valence-corrected chi connectivity index (χ1v) is 23.6. The van der Waals surface area contributed by atoms with Crippen LogP contribution in [0.15, 0.2) is 231 Å². The zero-order valence-electron chi connectivity index (χ0n) is 35.7. The number of anilines is 3. The van der Waals surface area contributed by atoms with E-state index in [2.05, 4.69) is 240 Å². The van der Waals surface area contributed by atoms with Crippen molar-refractivity contribution in [2.45, 2.75) is 5.41 Å². The zero-order chi connectivity index (χ0) is 43.1. The third kappa shape index (κ3) is 4.74. The molecule has 2 aromatic heterocycles. The summed E-state index contributed by atoms with van der Waals surface area (Å²) in [6.07, 6.45) is 0. The number of hydrogen-bond acceptors (Lipinski definition) is 2. The SMILES string of the molecule is c1ccc2c(c1)-c1ccc(N(c3ccc4c5ccccc5n(-c5ccc6c(c5)sc5ccccc56)c4c3)c3cccc4ccccc34)cc1C21c2ccccc2-c2cccc3cccc1c23. The Hall–Kier alpha value is -8.24. The molecule has 1 atom stereocenters. The molecule has 2 heterocycles. The second kappa shape index (κ2) is 13.4. The Balaban J connectivity index is 1.02. The van der Waals surface area contributed by atoms with Gasteiger partial charge in [-0.1, -0.05) is 176 Å². The molecule has 11 aromatic carbocycles. The maximum Gasteiger partial charge on any atom is 0.0726 e. The van der Waals surface area contributed by atoms with Gasteiger partial charge in [-0.2, -0.15) is 0 Å². The Labute approximate surface area is 385 Å². The largest absolute Gasteiger partial charge is 0.310 e. The fourth-order valence-electron chi connectivity index (χ4n) is 12.1. The minimum atomic E-state index is -0.529. The Morgan fingerprint density at radius 1 is 0.348 bits per heavy atom. The van der Waals surface area contributed by atoms with E-state index in [0.29, 0.717) is 0 Å². The highest BCUT2D eigenvalue weighted by Crippen LogP contribution is 2.62. The van der Waals surface area contributed by atoms with E-state index in [4.69, 9.17) is 0 Å². The van der Waals surface area contributed by atoms with Crippen molar-refractivity contribution >= 4 is 91.9 Å². The van der Waals surface area contributed by atoms with Crippen molar-refractivity contribution in [1.82, 2.24) is 4.57 Å². The molecule has 2 aliphatic rings. The van der Waals surface area contributed by atoms with Crippen LogP contribution in [0, 0.1) is 0 Å². The van der Waals surface area contributed by atoms with Crippen LogP contribution < -0.4 is 4.90 Å². The molecule has 0 saturated carbocycles. The minimum Gasteiger partial charge on any atom is -0.310 e. The summed E-state index contributed by atoms with van der Waals surface area (Å²) in [6.45, 7) is 0. The summed E-state index contributed by atoms with van der Waals surface area (Å²) in [4.78, 5) is 2.51. The Kier molecular flexibility index (Phi) is 7.34. The highest BCUT2D eigenvalue weighted by molar-refractivity contribution is 7.25. The van der Waals surface area contributed by atoms with E-state index in [1.165, 1.54) is 108 Å². The van der Waals surface area contributed by atoms with Crippen molar-refractivity contribution in [2.24, 2.45) is 0 Å². The molecule has 306 valence electrons. The van der Waals surface area contributed by atoms with Gasteiger partial charge in [-0.05, 0) is 115 Å². The van der Waals surface area contributed by atoms with Gasteiger partial charge in [0.2, 0.25) is 0 Å². The standard InChI is InChI=1S/C63H38N2S/c1-2-18-44-39(14-1)15-13-28-57(44)64(42-31-34-49-48-21-5-9-27-58(48)65(59(49)37-42)43-32-35-51-50-22-6-10-29-60(50)66-61(51)38-43)41-30-33-47-45-19-3-7-24-53(45)63(56(47)36-41)54-25-8-4-20-46(54)52-23-11-16-40-17-12-26-55(63)62(40)52/h1-38H. The Morgan fingerprint density at radius 2 is 0.924 bits per heavy atom. The normalized spacial score (nSPS) is 14.7. The van der Waals surface area contributed by atoms with Gasteiger partial charge in [0, 0.05) is 53.4 Å². The molecule has 0 amide bonds. The van der Waals surface area contributed by atoms with Crippen LogP contribution in [0.4, 0.5) is 17.1 Å². The van der Waals surface area contributed by atoms with Gasteiger partial charge in [-0.25, -0.2) is 0 Å². The van der Waals surface area contributed by atoms with Crippen LogP contribution in [0.5, 0.6) is 0 Å². The van der Waals surface area contributed by atoms with Crippen LogP contribution >= 0.6 is 11.3 Å². The Morgan fingerprint density at radius 3 is 1.80 bits per heavy atom. The monoisotopic (exact) mass is 854 g/mol. The van der Waals surface area contributed by atoms with Crippen LogP contribution in [0.1, 0.15) is 22.3 Å². The summed E-state index contributed by atoms with van der Waals surface area (Å²) in [6, 6.07) is 86.6. The molecule has 2 nitrogen and oxygen atoms in total. The number of rotatable bonds is 4. The lowest BCUT2D eigenvalue weighted by Crippen LogP contribution is -2.32. The molecule has 0 N–H and O–H groups in total. The molecular formula is C63H38N2S. The van der Waals surface area contributed by atoms with Crippen molar-refractivity contribution in [1.29, 1.82) is 0 Å². The molecule has 0 aliphatic heterocycles. The summed E-state index contributed by atoms with van der Waals surface area (Å²) in [5.41, 5.74) is 16.9. The molecule has 0 fully saturated rings. The van der Waals surface area contributed by atoms with E-state index in [9.17, 15) is 0 Å². The lowest BCUT2D eigenvalue weighted by Gasteiger charge is -2.40. The summed E-state index contributed by atoms with van der Waals surface area (Å²) in [5.74, 6) is 0. The first-order chi connectivity index (χ1) is 32.7. The fourth-order valence-corrected chi connectivity index (χ4v) is 13.3. The first-order valence-electron chi connectivity index (χ1n) is 22.8. The zero-order valence-corrected chi connectivity index (χ0v) is 36.6. The predicted octanol–water partition coefficient (Wildman–Crippen LogP) is 17.3. The van der Waals surface area contributed by atoms with E-state index in [1.54, 1.807) is 0 Å². The fraction of sp³-hybridized carbons (Fsp3) is 0.0159. The van der Waals surface area contributed by atoms with Gasteiger partial charge < -0.3 is 9.47 Å². The van der Waals surface area contributed by atoms with Crippen molar-refractivity contribution in [3.8, 4) is 27.9 Å². The van der Waals surface area contributed by atoms with Crippen molar-refractivity contribution < 1.29 is 0 Å². The lowest BCUT2D eigenvalue weighted by atomic mass is 9.61. The van der Waals surface area contributed by atoms with Gasteiger partial charge in [0.25, 0.3) is 0 Å². The minimum absolute atomic E-state index is 0.529. The lowest BCUT2D eigenvalue weighted by molar-refractivity contribution is 0.773. The van der Waals surface area contributed by atoms with Gasteiger partial charge in [0.15, 0.2) is 0 Å². The molecule has 1 unspecified atom stereocenters. The van der Waals surface area contributed by atoms with Gasteiger partial charge >= 0.3 is 0 Å². The molecule has 15 rings (SSSR count). The van der Waals surface area contributed by atoms with Crippen molar-refractivity contribution in [3.63, 3.8) is 0 Å². The molecule has 0 bridgehead atoms. The van der Waals surface area contributed by atoms with Gasteiger partial charge in [-0.3, -0.25) is 0 Å². The average molecular weight is 855 g/mol. The second-order valence-corrected chi connectivity index (χ2v) is 19.0. The highest BCUT2D eigenvalue weighted by Gasteiger charge is 2.50. The first kappa shape index (κ1) is 36.1. The summed E-state index contributed by atoms with van der Waals surface area (Å²) >= 11 is 1.87. The molecule has 66 heavy (non-hydrogen) atoms. The molecule has 3 heteroatoms. The van der Waals surface area contributed by atoms with E-state index >= 15 is 0 Å². The smallest absolute Gasteiger partial charge is 0.0726 e. The van der Waals surface area contributed by atoms with E-state index in [0.717, 1.165) is 22.7 Å². The van der Waals surface area contributed by atoms with E-state index in [-0.39, 0.29) is 0 Å². The second-order valence-electron chi connectivity index (χ2n) is 17.9. The van der Waals surface area contributed by atoms with Crippen LogP contribution in [0.25, 0.3) is 91.5 Å². The predicted molar refractivity (Wildman–Crippen MR) is 280 cm³/mol. The highest BCUT2D eigenvalue weighted by atomic mass is 32.1.